The van der Waals surface area contributed by atoms with Crippen LogP contribution >= 0.6 is 0 Å². The highest BCUT2D eigenvalue weighted by atomic mass is 16.7. The van der Waals surface area contributed by atoms with Crippen molar-refractivity contribution in [1.29, 1.82) is 0 Å². The summed E-state index contributed by atoms with van der Waals surface area (Å²) in [5, 5.41) is 10.7. The van der Waals surface area contributed by atoms with Crippen molar-refractivity contribution in [3.05, 3.63) is 23.8 Å². The Kier molecular flexibility index (Phi) is 14.0. The zero-order valence-corrected chi connectivity index (χ0v) is 22.3. The Balaban J connectivity index is 2.83. The van der Waals surface area contributed by atoms with Gasteiger partial charge < -0.3 is 33.5 Å². The fourth-order valence-corrected chi connectivity index (χ4v) is 4.68. The van der Waals surface area contributed by atoms with Crippen molar-refractivity contribution in [3.63, 3.8) is 0 Å². The molecule has 0 aromatic rings. The van der Waals surface area contributed by atoms with E-state index in [1.165, 1.54) is 0 Å². The number of allylic oxidation sites excluding steroid dienone is 2. The molecule has 0 unspecified atom stereocenters. The summed E-state index contributed by atoms with van der Waals surface area (Å²) < 4.78 is 34.2. The van der Waals surface area contributed by atoms with Crippen molar-refractivity contribution in [3.8, 4) is 0 Å². The molecule has 0 radical (unpaired) electrons. The van der Waals surface area contributed by atoms with E-state index >= 15 is 0 Å². The van der Waals surface area contributed by atoms with Gasteiger partial charge in [-0.3, -0.25) is 0 Å². The number of methoxy groups -OCH3 is 5. The Hall–Kier alpha value is -0.800. The summed E-state index contributed by atoms with van der Waals surface area (Å²) in [6.07, 6.45) is 5.54. The van der Waals surface area contributed by atoms with Crippen LogP contribution in [0.2, 0.25) is 0 Å². The molecule has 7 nitrogen and oxygen atoms in total. The maximum atomic E-state index is 10.7. The molecule has 1 aliphatic heterocycles. The van der Waals surface area contributed by atoms with Crippen molar-refractivity contribution in [2.24, 2.45) is 17.8 Å². The summed E-state index contributed by atoms with van der Waals surface area (Å²) in [5.74, 6) is 0.774. The maximum Gasteiger partial charge on any atom is 0.186 e. The lowest BCUT2D eigenvalue weighted by molar-refractivity contribution is -0.295. The summed E-state index contributed by atoms with van der Waals surface area (Å²) in [4.78, 5) is 0. The Bertz CT molecular complexity index is 589. The topological polar surface area (TPSA) is 75.6 Å². The van der Waals surface area contributed by atoms with E-state index in [2.05, 4.69) is 20.8 Å². The molecular weight excluding hydrogens is 424 g/mol. The van der Waals surface area contributed by atoms with Crippen LogP contribution in [0.3, 0.4) is 0 Å². The van der Waals surface area contributed by atoms with Gasteiger partial charge in [-0.15, -0.1) is 0 Å². The molecule has 1 rings (SSSR count). The van der Waals surface area contributed by atoms with Crippen LogP contribution in [0.25, 0.3) is 0 Å². The van der Waals surface area contributed by atoms with E-state index in [1.54, 1.807) is 35.5 Å². The van der Waals surface area contributed by atoms with Gasteiger partial charge >= 0.3 is 0 Å². The van der Waals surface area contributed by atoms with Crippen LogP contribution in [0.15, 0.2) is 23.8 Å². The fraction of sp³-hybridized carbons (Fsp3) is 0.846. The SMILES string of the molecule is CC[C@H](OC)[C@@H](C)[C@@H](C)C[C@@H](O)[C@H](C)/C=C/C=C(\C)[C@H]1O[C@H](OC)[C@H](OC)[C@@H](OC)[C@@H]1OC. The first-order chi connectivity index (χ1) is 15.7. The minimum atomic E-state index is -0.563. The van der Waals surface area contributed by atoms with Crippen LogP contribution in [0.4, 0.5) is 0 Å². The average molecular weight is 473 g/mol. The van der Waals surface area contributed by atoms with E-state index in [4.69, 9.17) is 28.4 Å². The smallest absolute Gasteiger partial charge is 0.186 e. The normalized spacial score (nSPS) is 31.4. The van der Waals surface area contributed by atoms with Crippen molar-refractivity contribution < 1.29 is 33.5 Å². The molecule has 1 aliphatic rings. The van der Waals surface area contributed by atoms with Crippen LogP contribution < -0.4 is 0 Å². The molecule has 33 heavy (non-hydrogen) atoms. The summed E-state index contributed by atoms with van der Waals surface area (Å²) >= 11 is 0. The zero-order valence-electron chi connectivity index (χ0n) is 22.3. The van der Waals surface area contributed by atoms with Gasteiger partial charge in [0.2, 0.25) is 0 Å². The molecule has 0 aromatic carbocycles. The standard InChI is InChI=1S/C26H48O7/c1-11-21(28-6)19(5)18(4)15-20(27)16(2)13-12-14-17(3)22-23(29-7)24(30-8)25(31-9)26(32-10)33-22/h12-14,16,18-27H,11,15H2,1-10H3/b13-12+,17-14+/t16-,18+,19+,20-,21+,22-,23-,24+,25-,26+/m1/s1. The lowest BCUT2D eigenvalue weighted by Gasteiger charge is -2.44. The van der Waals surface area contributed by atoms with E-state index in [1.807, 2.05) is 32.1 Å². The molecule has 7 heteroatoms. The molecule has 0 saturated carbocycles. The lowest BCUT2D eigenvalue weighted by atomic mass is 9.83. The highest BCUT2D eigenvalue weighted by molar-refractivity contribution is 5.19. The van der Waals surface area contributed by atoms with Crippen molar-refractivity contribution in [2.45, 2.75) is 90.4 Å². The molecule has 194 valence electrons. The number of aliphatic hydroxyl groups excluding tert-OH is 1. The number of hydrogen-bond donors (Lipinski definition) is 1. The van der Waals surface area contributed by atoms with Gasteiger partial charge in [-0.2, -0.15) is 0 Å². The molecular formula is C26H48O7. The second-order valence-corrected chi connectivity index (χ2v) is 9.24. The predicted octanol–water partition coefficient (Wildman–Crippen LogP) is 3.99. The number of rotatable bonds is 14. The monoisotopic (exact) mass is 472 g/mol. The summed E-state index contributed by atoms with van der Waals surface area (Å²) in [6.45, 7) is 10.6. The molecule has 0 aromatic heterocycles. The van der Waals surface area contributed by atoms with Gasteiger partial charge in [-0.05, 0) is 37.2 Å². The van der Waals surface area contributed by atoms with Crippen molar-refractivity contribution >= 4 is 0 Å². The van der Waals surface area contributed by atoms with Gasteiger partial charge in [-0.25, -0.2) is 0 Å². The molecule has 1 fully saturated rings. The molecule has 0 aliphatic carbocycles. The van der Waals surface area contributed by atoms with Gasteiger partial charge in [-0.1, -0.05) is 45.9 Å². The van der Waals surface area contributed by atoms with Crippen molar-refractivity contribution in [2.75, 3.05) is 35.5 Å². The number of aliphatic hydroxyl groups is 1. The first-order valence-electron chi connectivity index (χ1n) is 12.0. The molecule has 1 heterocycles. The van der Waals surface area contributed by atoms with Crippen LogP contribution in [-0.4, -0.2) is 83.6 Å². The Morgan fingerprint density at radius 3 is 2.03 bits per heavy atom. The third-order valence-corrected chi connectivity index (χ3v) is 7.18. The largest absolute Gasteiger partial charge is 0.393 e. The van der Waals surface area contributed by atoms with Gasteiger partial charge in [0.1, 0.15) is 24.4 Å². The summed E-state index contributed by atoms with van der Waals surface area (Å²) in [5.41, 5.74) is 0.978. The minimum absolute atomic E-state index is 0.0214. The molecule has 1 N–H and O–H groups in total. The maximum absolute atomic E-state index is 10.7. The van der Waals surface area contributed by atoms with Crippen molar-refractivity contribution in [1.82, 2.24) is 0 Å². The highest BCUT2D eigenvalue weighted by Gasteiger charge is 2.47. The van der Waals surface area contributed by atoms with E-state index in [0.717, 1.165) is 18.4 Å². The summed E-state index contributed by atoms with van der Waals surface area (Å²) in [7, 11) is 8.24. The molecule has 0 bridgehead atoms. The predicted molar refractivity (Wildman–Crippen MR) is 130 cm³/mol. The van der Waals surface area contributed by atoms with E-state index in [-0.39, 0.29) is 30.3 Å². The fourth-order valence-electron chi connectivity index (χ4n) is 4.68. The van der Waals surface area contributed by atoms with Gasteiger partial charge in [0.25, 0.3) is 0 Å². The first-order valence-corrected chi connectivity index (χ1v) is 12.0. The minimum Gasteiger partial charge on any atom is -0.393 e. The Morgan fingerprint density at radius 2 is 1.55 bits per heavy atom. The van der Waals surface area contributed by atoms with Crippen LogP contribution in [0.5, 0.6) is 0 Å². The van der Waals surface area contributed by atoms with E-state index in [9.17, 15) is 5.11 Å². The van der Waals surface area contributed by atoms with Gasteiger partial charge in [0.05, 0.1) is 12.2 Å². The molecule has 1 saturated heterocycles. The second kappa shape index (κ2) is 15.2. The third kappa shape index (κ3) is 8.13. The lowest BCUT2D eigenvalue weighted by Crippen LogP contribution is -2.60. The van der Waals surface area contributed by atoms with Gasteiger partial charge in [0, 0.05) is 41.5 Å². The quantitative estimate of drug-likeness (QED) is 0.383. The molecule has 10 atom stereocenters. The number of hydrogen-bond acceptors (Lipinski definition) is 7. The van der Waals surface area contributed by atoms with Gasteiger partial charge in [0.15, 0.2) is 6.29 Å². The van der Waals surface area contributed by atoms with Crippen LogP contribution in [-0.2, 0) is 28.4 Å². The summed E-state index contributed by atoms with van der Waals surface area (Å²) in [6, 6.07) is 0. The first kappa shape index (κ1) is 30.2. The Labute approximate surface area is 201 Å². The zero-order chi connectivity index (χ0) is 25.1. The van der Waals surface area contributed by atoms with Crippen LogP contribution in [0.1, 0.15) is 47.5 Å². The number of ether oxygens (including phenoxy) is 6. The molecule has 0 amide bonds. The molecule has 0 spiro atoms. The van der Waals surface area contributed by atoms with E-state index in [0.29, 0.717) is 11.8 Å². The Morgan fingerprint density at radius 1 is 0.939 bits per heavy atom. The van der Waals surface area contributed by atoms with Crippen LogP contribution in [0, 0.1) is 17.8 Å². The average Bonchev–Trinajstić information content (AvgIpc) is 2.82. The van der Waals surface area contributed by atoms with E-state index < -0.39 is 18.5 Å². The third-order valence-electron chi connectivity index (χ3n) is 7.18. The second-order valence-electron chi connectivity index (χ2n) is 9.24. The highest BCUT2D eigenvalue weighted by Crippen LogP contribution is 2.31.